The molecule has 0 spiro atoms. The Balaban J connectivity index is 2.03. The zero-order valence-electron chi connectivity index (χ0n) is 13.7. The molecule has 1 aliphatic heterocycles. The molecule has 0 aromatic carbocycles. The van der Waals surface area contributed by atoms with Gasteiger partial charge in [0.2, 0.25) is 0 Å². The van der Waals surface area contributed by atoms with E-state index in [-0.39, 0.29) is 0 Å². The number of rotatable bonds is 5. The van der Waals surface area contributed by atoms with E-state index in [9.17, 15) is 9.90 Å². The third-order valence-corrected chi connectivity index (χ3v) is 4.15. The molecule has 1 aliphatic rings. The first-order valence-corrected chi connectivity index (χ1v) is 8.33. The highest BCUT2D eigenvalue weighted by atomic mass is 16.4. The highest BCUT2D eigenvalue weighted by Gasteiger charge is 2.30. The highest BCUT2D eigenvalue weighted by molar-refractivity contribution is 5.78. The van der Waals surface area contributed by atoms with Gasteiger partial charge >= 0.3 is 5.97 Å². The van der Waals surface area contributed by atoms with Crippen LogP contribution in [0.15, 0.2) is 24.7 Å². The van der Waals surface area contributed by atoms with Gasteiger partial charge in [0.1, 0.15) is 17.6 Å². The molecule has 0 aliphatic carbocycles. The minimum atomic E-state index is -0.800. The number of carboxylic acids is 1. The van der Waals surface area contributed by atoms with Crippen LogP contribution in [0.3, 0.4) is 0 Å². The maximum absolute atomic E-state index is 11.6. The fourth-order valence-corrected chi connectivity index (χ4v) is 3.01. The predicted octanol–water partition coefficient (Wildman–Crippen LogP) is 2.33. The summed E-state index contributed by atoms with van der Waals surface area (Å²) in [4.78, 5) is 31.0. The maximum Gasteiger partial charge on any atom is 0.326 e. The molecule has 3 rings (SSSR count). The van der Waals surface area contributed by atoms with Crippen LogP contribution in [0.4, 0.5) is 5.82 Å². The van der Waals surface area contributed by atoms with Gasteiger partial charge in [-0.3, -0.25) is 4.98 Å². The Morgan fingerprint density at radius 1 is 1.33 bits per heavy atom. The molecule has 1 saturated heterocycles. The fourth-order valence-electron chi connectivity index (χ4n) is 3.01. The number of carboxylic acid groups (broad SMARTS) is 1. The monoisotopic (exact) mass is 327 g/mol. The second kappa shape index (κ2) is 7.33. The molecule has 126 valence electrons. The summed E-state index contributed by atoms with van der Waals surface area (Å²) in [7, 11) is 0. The van der Waals surface area contributed by atoms with Crippen LogP contribution in [-0.4, -0.2) is 43.6 Å². The van der Waals surface area contributed by atoms with Crippen molar-refractivity contribution >= 4 is 11.8 Å². The zero-order chi connectivity index (χ0) is 16.9. The fraction of sp³-hybridized carbons (Fsp3) is 0.471. The van der Waals surface area contributed by atoms with Crippen LogP contribution >= 0.6 is 0 Å². The average Bonchev–Trinajstić information content (AvgIpc) is 2.62. The first-order valence-electron chi connectivity index (χ1n) is 8.33. The standard InChI is InChI=1S/C17H21N5O2/c1-2-5-12-10-15(22-9-4-3-6-14(22)17(23)24)21-16(20-12)13-11-18-7-8-19-13/h7-8,10-11,14H,2-6,9H2,1H3,(H,23,24). The lowest BCUT2D eigenvalue weighted by atomic mass is 10.0. The summed E-state index contributed by atoms with van der Waals surface area (Å²) in [5.41, 5.74) is 1.50. The van der Waals surface area contributed by atoms with Gasteiger partial charge in [-0.1, -0.05) is 13.3 Å². The van der Waals surface area contributed by atoms with E-state index in [0.717, 1.165) is 31.4 Å². The van der Waals surface area contributed by atoms with Crippen molar-refractivity contribution in [2.45, 2.75) is 45.1 Å². The number of piperidine rings is 1. The predicted molar refractivity (Wildman–Crippen MR) is 89.7 cm³/mol. The van der Waals surface area contributed by atoms with Gasteiger partial charge in [0.15, 0.2) is 5.82 Å². The van der Waals surface area contributed by atoms with Crippen molar-refractivity contribution in [3.8, 4) is 11.5 Å². The summed E-state index contributed by atoms with van der Waals surface area (Å²) in [5.74, 6) is 0.367. The van der Waals surface area contributed by atoms with Gasteiger partial charge in [0.25, 0.3) is 0 Å². The molecule has 1 N–H and O–H groups in total. The number of anilines is 1. The molecule has 1 atom stereocenters. The van der Waals surface area contributed by atoms with Crippen molar-refractivity contribution in [3.05, 3.63) is 30.4 Å². The normalized spacial score (nSPS) is 17.7. The largest absolute Gasteiger partial charge is 0.480 e. The molecule has 24 heavy (non-hydrogen) atoms. The molecular formula is C17H21N5O2. The molecule has 1 fully saturated rings. The summed E-state index contributed by atoms with van der Waals surface area (Å²) in [5, 5.41) is 9.52. The average molecular weight is 327 g/mol. The quantitative estimate of drug-likeness (QED) is 0.901. The Labute approximate surface area is 140 Å². The molecule has 2 aromatic rings. The second-order valence-electron chi connectivity index (χ2n) is 5.92. The van der Waals surface area contributed by atoms with Crippen molar-refractivity contribution in [2.24, 2.45) is 0 Å². The second-order valence-corrected chi connectivity index (χ2v) is 5.92. The van der Waals surface area contributed by atoms with E-state index >= 15 is 0 Å². The molecule has 1 unspecified atom stereocenters. The summed E-state index contributed by atoms with van der Waals surface area (Å²) >= 11 is 0. The van der Waals surface area contributed by atoms with Crippen LogP contribution in [0.2, 0.25) is 0 Å². The van der Waals surface area contributed by atoms with Crippen LogP contribution in [-0.2, 0) is 11.2 Å². The van der Waals surface area contributed by atoms with E-state index in [2.05, 4.69) is 26.9 Å². The lowest BCUT2D eigenvalue weighted by Crippen LogP contribution is -2.45. The van der Waals surface area contributed by atoms with E-state index in [1.807, 2.05) is 11.0 Å². The van der Waals surface area contributed by atoms with Crippen molar-refractivity contribution in [1.29, 1.82) is 0 Å². The molecule has 0 radical (unpaired) electrons. The Kier molecular flexibility index (Phi) is 4.98. The van der Waals surface area contributed by atoms with E-state index < -0.39 is 12.0 Å². The summed E-state index contributed by atoms with van der Waals surface area (Å²) < 4.78 is 0. The number of aromatic nitrogens is 4. The molecule has 0 amide bonds. The smallest absolute Gasteiger partial charge is 0.326 e. The van der Waals surface area contributed by atoms with Gasteiger partial charge in [0.05, 0.1) is 6.20 Å². The zero-order valence-corrected chi connectivity index (χ0v) is 13.7. The van der Waals surface area contributed by atoms with Gasteiger partial charge < -0.3 is 10.0 Å². The minimum absolute atomic E-state index is 0.499. The Hall–Kier alpha value is -2.57. The minimum Gasteiger partial charge on any atom is -0.480 e. The number of aliphatic carboxylic acids is 1. The third-order valence-electron chi connectivity index (χ3n) is 4.15. The molecule has 7 nitrogen and oxygen atoms in total. The first kappa shape index (κ1) is 16.3. The lowest BCUT2D eigenvalue weighted by molar-refractivity contribution is -0.139. The van der Waals surface area contributed by atoms with Gasteiger partial charge in [-0.2, -0.15) is 0 Å². The van der Waals surface area contributed by atoms with Gasteiger partial charge in [-0.25, -0.2) is 19.7 Å². The Bertz CT molecular complexity index is 707. The van der Waals surface area contributed by atoms with Crippen molar-refractivity contribution in [2.75, 3.05) is 11.4 Å². The summed E-state index contributed by atoms with van der Waals surface area (Å²) in [6.07, 6.45) is 9.14. The van der Waals surface area contributed by atoms with Crippen molar-refractivity contribution in [3.63, 3.8) is 0 Å². The van der Waals surface area contributed by atoms with E-state index in [4.69, 9.17) is 0 Å². The van der Waals surface area contributed by atoms with E-state index in [1.54, 1.807) is 18.6 Å². The lowest BCUT2D eigenvalue weighted by Gasteiger charge is -2.34. The number of hydrogen-bond acceptors (Lipinski definition) is 6. The third kappa shape index (κ3) is 3.50. The first-order chi connectivity index (χ1) is 11.7. The van der Waals surface area contributed by atoms with Gasteiger partial charge in [0, 0.05) is 30.7 Å². The number of aryl methyl sites for hydroxylation is 1. The SMILES string of the molecule is CCCc1cc(N2CCCCC2C(=O)O)nc(-c2cnccn2)n1. The molecule has 7 heteroatoms. The summed E-state index contributed by atoms with van der Waals surface area (Å²) in [6.45, 7) is 2.78. The van der Waals surface area contributed by atoms with Crippen molar-refractivity contribution < 1.29 is 9.90 Å². The van der Waals surface area contributed by atoms with Crippen LogP contribution in [0.25, 0.3) is 11.5 Å². The Morgan fingerprint density at radius 2 is 2.21 bits per heavy atom. The van der Waals surface area contributed by atoms with Gasteiger partial charge in [-0.15, -0.1) is 0 Å². The number of carbonyl (C=O) groups is 1. The molecule has 3 heterocycles. The summed E-state index contributed by atoms with van der Waals surface area (Å²) in [6, 6.07) is 1.38. The Morgan fingerprint density at radius 3 is 2.92 bits per heavy atom. The molecule has 0 saturated carbocycles. The van der Waals surface area contributed by atoms with Crippen LogP contribution < -0.4 is 4.90 Å². The highest BCUT2D eigenvalue weighted by Crippen LogP contribution is 2.26. The molecule has 0 bridgehead atoms. The van der Waals surface area contributed by atoms with E-state index in [1.165, 1.54) is 0 Å². The van der Waals surface area contributed by atoms with Crippen LogP contribution in [0.5, 0.6) is 0 Å². The molecule has 2 aromatic heterocycles. The molecular weight excluding hydrogens is 306 g/mol. The number of nitrogens with zero attached hydrogens (tertiary/aromatic N) is 5. The van der Waals surface area contributed by atoms with E-state index in [0.29, 0.717) is 30.3 Å². The van der Waals surface area contributed by atoms with Crippen LogP contribution in [0, 0.1) is 0 Å². The van der Waals surface area contributed by atoms with Gasteiger partial charge in [-0.05, 0) is 25.7 Å². The maximum atomic E-state index is 11.6. The van der Waals surface area contributed by atoms with Crippen molar-refractivity contribution in [1.82, 2.24) is 19.9 Å². The topological polar surface area (TPSA) is 92.1 Å². The van der Waals surface area contributed by atoms with Crippen LogP contribution in [0.1, 0.15) is 38.3 Å². The number of hydrogen-bond donors (Lipinski definition) is 1.